The van der Waals surface area contributed by atoms with E-state index in [0.29, 0.717) is 16.3 Å². The van der Waals surface area contributed by atoms with E-state index in [4.69, 9.17) is 9.47 Å². The number of nitrogens with one attached hydrogen (secondary N) is 1. The first kappa shape index (κ1) is 17.9. The van der Waals surface area contributed by atoms with Crippen molar-refractivity contribution in [3.8, 4) is 5.75 Å². The largest absolute Gasteiger partial charge is 0.484 e. The highest BCUT2D eigenvalue weighted by Gasteiger charge is 2.21. The molecular weight excluding hydrogens is 357 g/mol. The lowest BCUT2D eigenvalue weighted by atomic mass is 10.1. The molecule has 1 aromatic heterocycles. The molecule has 134 valence electrons. The molecule has 0 atom stereocenters. The van der Waals surface area contributed by atoms with E-state index in [1.54, 1.807) is 6.92 Å². The van der Waals surface area contributed by atoms with Crippen LogP contribution in [-0.2, 0) is 9.53 Å². The third-order valence-electron chi connectivity index (χ3n) is 3.51. The summed E-state index contributed by atoms with van der Waals surface area (Å²) in [6.45, 7) is 1.70. The van der Waals surface area contributed by atoms with Crippen molar-refractivity contribution in [1.82, 2.24) is 0 Å². The predicted octanol–water partition coefficient (Wildman–Crippen LogP) is 4.23. The van der Waals surface area contributed by atoms with Gasteiger partial charge in [0.15, 0.2) is 6.61 Å². The molecule has 0 saturated carbocycles. The van der Waals surface area contributed by atoms with Gasteiger partial charge >= 0.3 is 5.97 Å². The van der Waals surface area contributed by atoms with Gasteiger partial charge in [-0.05, 0) is 37.3 Å². The van der Waals surface area contributed by atoms with Crippen LogP contribution in [0.1, 0.15) is 17.3 Å². The molecule has 0 radical (unpaired) electrons. The van der Waals surface area contributed by atoms with Gasteiger partial charge in [0.2, 0.25) is 0 Å². The summed E-state index contributed by atoms with van der Waals surface area (Å²) in [4.78, 5) is 24.5. The van der Waals surface area contributed by atoms with Crippen LogP contribution < -0.4 is 10.1 Å². The molecule has 0 spiro atoms. The lowest BCUT2D eigenvalue weighted by Gasteiger charge is -2.08. The Bertz CT molecular complexity index is 936. The summed E-state index contributed by atoms with van der Waals surface area (Å²) in [5.41, 5.74) is 0.336. The van der Waals surface area contributed by atoms with Gasteiger partial charge in [-0.3, -0.25) is 4.79 Å². The average Bonchev–Trinajstić information content (AvgIpc) is 2.99. The number of amides is 1. The fourth-order valence-corrected chi connectivity index (χ4v) is 3.49. The molecule has 26 heavy (non-hydrogen) atoms. The summed E-state index contributed by atoms with van der Waals surface area (Å²) < 4.78 is 24.2. The van der Waals surface area contributed by atoms with Crippen LogP contribution in [0.5, 0.6) is 5.75 Å². The number of fused-ring (bicyclic) bond motifs is 1. The topological polar surface area (TPSA) is 64.6 Å². The Hall–Kier alpha value is -2.93. The lowest BCUT2D eigenvalue weighted by molar-refractivity contribution is -0.118. The number of thiophene rings is 1. The van der Waals surface area contributed by atoms with Crippen LogP contribution in [0.15, 0.2) is 48.5 Å². The number of benzene rings is 2. The zero-order chi connectivity index (χ0) is 18.5. The van der Waals surface area contributed by atoms with E-state index < -0.39 is 11.9 Å². The van der Waals surface area contributed by atoms with Gasteiger partial charge in [0.05, 0.1) is 6.61 Å². The monoisotopic (exact) mass is 373 g/mol. The van der Waals surface area contributed by atoms with Crippen LogP contribution >= 0.6 is 11.3 Å². The third kappa shape index (κ3) is 4.00. The van der Waals surface area contributed by atoms with Crippen LogP contribution in [-0.4, -0.2) is 25.1 Å². The van der Waals surface area contributed by atoms with E-state index in [-0.39, 0.29) is 19.0 Å². The maximum absolute atomic E-state index is 12.9. The van der Waals surface area contributed by atoms with Gasteiger partial charge in [-0.2, -0.15) is 0 Å². The molecule has 0 unspecified atom stereocenters. The molecule has 0 fully saturated rings. The van der Waals surface area contributed by atoms with Crippen molar-refractivity contribution in [2.45, 2.75) is 6.92 Å². The number of ether oxygens (including phenoxy) is 2. The van der Waals surface area contributed by atoms with Crippen LogP contribution in [0, 0.1) is 5.82 Å². The normalized spacial score (nSPS) is 10.5. The van der Waals surface area contributed by atoms with Gasteiger partial charge in [-0.15, -0.1) is 11.3 Å². The third-order valence-corrected chi connectivity index (χ3v) is 4.60. The standard InChI is InChI=1S/C19H16FNO4S/c1-2-24-19(23)17-14-5-3-4-6-15(14)26-18(17)21-16(22)11-25-13-9-7-12(20)8-10-13/h3-10H,2,11H2,1H3,(H,21,22). The average molecular weight is 373 g/mol. The number of halogens is 1. The highest BCUT2D eigenvalue weighted by molar-refractivity contribution is 7.23. The van der Waals surface area contributed by atoms with Crippen molar-refractivity contribution in [2.24, 2.45) is 0 Å². The first-order valence-electron chi connectivity index (χ1n) is 7.95. The molecular formula is C19H16FNO4S. The lowest BCUT2D eigenvalue weighted by Crippen LogP contribution is -2.21. The minimum absolute atomic E-state index is 0.240. The van der Waals surface area contributed by atoms with Crippen molar-refractivity contribution in [1.29, 1.82) is 0 Å². The SMILES string of the molecule is CCOC(=O)c1c(NC(=O)COc2ccc(F)cc2)sc2ccccc12. The van der Waals surface area contributed by atoms with Crippen molar-refractivity contribution in [3.63, 3.8) is 0 Å². The van der Waals surface area contributed by atoms with E-state index in [2.05, 4.69) is 5.32 Å². The number of hydrogen-bond acceptors (Lipinski definition) is 5. The van der Waals surface area contributed by atoms with Crippen molar-refractivity contribution in [3.05, 3.63) is 59.9 Å². The molecule has 3 aromatic rings. The Kier molecular flexibility index (Phi) is 5.48. The van der Waals surface area contributed by atoms with Crippen LogP contribution in [0.25, 0.3) is 10.1 Å². The fourth-order valence-electron chi connectivity index (χ4n) is 2.38. The second-order valence-electron chi connectivity index (χ2n) is 5.31. The number of anilines is 1. The molecule has 7 heteroatoms. The molecule has 3 rings (SSSR count). The Morgan fingerprint density at radius 2 is 1.85 bits per heavy atom. The molecule has 1 amide bonds. The van der Waals surface area contributed by atoms with Gasteiger partial charge < -0.3 is 14.8 Å². The molecule has 1 heterocycles. The minimum atomic E-state index is -0.486. The number of carbonyl (C=O) groups excluding carboxylic acids is 2. The van der Waals surface area contributed by atoms with Crippen LogP contribution in [0.4, 0.5) is 9.39 Å². The number of esters is 1. The summed E-state index contributed by atoms with van der Waals surface area (Å²) in [5.74, 6) is -0.916. The Morgan fingerprint density at radius 1 is 1.12 bits per heavy atom. The number of rotatable bonds is 6. The Balaban J connectivity index is 1.76. The van der Waals surface area contributed by atoms with Gasteiger partial charge in [0, 0.05) is 10.1 Å². The summed E-state index contributed by atoms with van der Waals surface area (Å²) >= 11 is 1.29. The van der Waals surface area contributed by atoms with Crippen molar-refractivity contribution >= 4 is 38.3 Å². The summed E-state index contributed by atoms with van der Waals surface area (Å²) in [6, 6.07) is 12.7. The van der Waals surface area contributed by atoms with Crippen molar-refractivity contribution < 1.29 is 23.5 Å². The second-order valence-corrected chi connectivity index (χ2v) is 6.37. The summed E-state index contributed by atoms with van der Waals surface area (Å²) in [6.07, 6.45) is 0. The second kappa shape index (κ2) is 7.97. The van der Waals surface area contributed by atoms with E-state index in [9.17, 15) is 14.0 Å². The first-order chi connectivity index (χ1) is 12.6. The molecule has 5 nitrogen and oxygen atoms in total. The molecule has 1 N–H and O–H groups in total. The van der Waals surface area contributed by atoms with Gasteiger partial charge in [-0.25, -0.2) is 9.18 Å². The van der Waals surface area contributed by atoms with Crippen LogP contribution in [0.3, 0.4) is 0 Å². The van der Waals surface area contributed by atoms with Crippen molar-refractivity contribution in [2.75, 3.05) is 18.5 Å². The first-order valence-corrected chi connectivity index (χ1v) is 8.77. The highest BCUT2D eigenvalue weighted by atomic mass is 32.1. The van der Waals surface area contributed by atoms with Gasteiger partial charge in [-0.1, -0.05) is 18.2 Å². The zero-order valence-corrected chi connectivity index (χ0v) is 14.8. The van der Waals surface area contributed by atoms with Gasteiger partial charge in [0.1, 0.15) is 22.1 Å². The number of hydrogen-bond donors (Lipinski definition) is 1. The molecule has 0 saturated heterocycles. The molecule has 2 aromatic carbocycles. The maximum atomic E-state index is 12.9. The zero-order valence-electron chi connectivity index (χ0n) is 14.0. The molecule has 0 aliphatic heterocycles. The fraction of sp³-hybridized carbons (Fsp3) is 0.158. The van der Waals surface area contributed by atoms with Gasteiger partial charge in [0.25, 0.3) is 5.91 Å². The number of carbonyl (C=O) groups is 2. The molecule has 0 aliphatic carbocycles. The van der Waals surface area contributed by atoms with Crippen LogP contribution in [0.2, 0.25) is 0 Å². The Morgan fingerprint density at radius 3 is 2.58 bits per heavy atom. The minimum Gasteiger partial charge on any atom is -0.484 e. The molecule has 0 bridgehead atoms. The highest BCUT2D eigenvalue weighted by Crippen LogP contribution is 2.36. The summed E-state index contributed by atoms with van der Waals surface area (Å²) in [7, 11) is 0. The maximum Gasteiger partial charge on any atom is 0.341 e. The predicted molar refractivity (Wildman–Crippen MR) is 98.3 cm³/mol. The quantitative estimate of drug-likeness (QED) is 0.657. The van der Waals surface area contributed by atoms with E-state index >= 15 is 0 Å². The van der Waals surface area contributed by atoms with E-state index in [1.165, 1.54) is 35.6 Å². The Labute approximate surface area is 153 Å². The smallest absolute Gasteiger partial charge is 0.341 e. The summed E-state index contributed by atoms with van der Waals surface area (Å²) in [5, 5.41) is 3.84. The molecule has 0 aliphatic rings. The van der Waals surface area contributed by atoms with E-state index in [1.807, 2.05) is 24.3 Å². The van der Waals surface area contributed by atoms with E-state index in [0.717, 1.165) is 10.1 Å².